The number of anilines is 2. The number of nitrogen functional groups attached to an aromatic ring is 1. The summed E-state index contributed by atoms with van der Waals surface area (Å²) in [6.07, 6.45) is 4.99. The molecule has 4 nitrogen and oxygen atoms in total. The molecule has 0 saturated heterocycles. The summed E-state index contributed by atoms with van der Waals surface area (Å²) in [4.78, 5) is 8.11. The molecule has 0 spiro atoms. The van der Waals surface area contributed by atoms with E-state index in [9.17, 15) is 0 Å². The van der Waals surface area contributed by atoms with Gasteiger partial charge in [-0.15, -0.1) is 0 Å². The molecule has 1 aromatic heterocycles. The third-order valence-corrected chi connectivity index (χ3v) is 3.38. The van der Waals surface area contributed by atoms with Crippen molar-refractivity contribution in [1.82, 2.24) is 9.97 Å². The van der Waals surface area contributed by atoms with E-state index in [0.717, 1.165) is 12.2 Å². The van der Waals surface area contributed by atoms with Gasteiger partial charge in [0, 0.05) is 6.07 Å². The molecule has 0 radical (unpaired) electrons. The number of nitrogens with one attached hydrogen (secondary N) is 1. The summed E-state index contributed by atoms with van der Waals surface area (Å²) in [5.74, 6) is 1.29. The fourth-order valence-corrected chi connectivity index (χ4v) is 2.53. The second-order valence-corrected chi connectivity index (χ2v) is 4.62. The molecule has 4 heteroatoms. The Balaban J connectivity index is 1.86. The first-order valence-corrected chi connectivity index (χ1v) is 6.25. The van der Waals surface area contributed by atoms with Crippen molar-refractivity contribution >= 4 is 11.6 Å². The maximum atomic E-state index is 5.67. The van der Waals surface area contributed by atoms with Crippen molar-refractivity contribution in [2.24, 2.45) is 0 Å². The molecule has 92 valence electrons. The fourth-order valence-electron chi connectivity index (χ4n) is 2.53. The zero-order valence-corrected chi connectivity index (χ0v) is 10.1. The molecule has 3 rings (SSSR count). The maximum Gasteiger partial charge on any atom is 0.131 e. The lowest BCUT2D eigenvalue weighted by Gasteiger charge is -2.26. The third-order valence-electron chi connectivity index (χ3n) is 3.38. The van der Waals surface area contributed by atoms with Crippen LogP contribution >= 0.6 is 0 Å². The zero-order valence-electron chi connectivity index (χ0n) is 10.1. The number of aromatic nitrogens is 2. The number of benzene rings is 1. The van der Waals surface area contributed by atoms with Crippen LogP contribution in [0.3, 0.4) is 0 Å². The van der Waals surface area contributed by atoms with Crippen molar-refractivity contribution in [3.63, 3.8) is 0 Å². The predicted molar refractivity (Wildman–Crippen MR) is 72.2 cm³/mol. The summed E-state index contributed by atoms with van der Waals surface area (Å²) in [6.45, 7) is 0. The Kier molecular flexibility index (Phi) is 2.84. The number of rotatable bonds is 2. The van der Waals surface area contributed by atoms with Gasteiger partial charge >= 0.3 is 0 Å². The Morgan fingerprint density at radius 3 is 3.00 bits per heavy atom. The lowest BCUT2D eigenvalue weighted by molar-refractivity contribution is 0.598. The summed E-state index contributed by atoms with van der Waals surface area (Å²) < 4.78 is 0. The first-order chi connectivity index (χ1) is 8.83. The van der Waals surface area contributed by atoms with Crippen LogP contribution in [0.4, 0.5) is 11.6 Å². The van der Waals surface area contributed by atoms with Crippen molar-refractivity contribution in [2.75, 3.05) is 11.1 Å². The van der Waals surface area contributed by atoms with Gasteiger partial charge in [-0.05, 0) is 30.4 Å². The second-order valence-electron chi connectivity index (χ2n) is 4.62. The van der Waals surface area contributed by atoms with Crippen LogP contribution in [-0.4, -0.2) is 9.97 Å². The Hall–Kier alpha value is -2.10. The highest BCUT2D eigenvalue weighted by atomic mass is 15.0. The molecule has 0 saturated carbocycles. The van der Waals surface area contributed by atoms with Crippen LogP contribution in [0.1, 0.15) is 30.0 Å². The molecule has 1 atom stereocenters. The Morgan fingerprint density at radius 2 is 2.11 bits per heavy atom. The number of fused-ring (bicyclic) bond motifs is 1. The summed E-state index contributed by atoms with van der Waals surface area (Å²) in [5.41, 5.74) is 8.48. The number of nitrogens with zero attached hydrogens (tertiary/aromatic N) is 2. The van der Waals surface area contributed by atoms with Gasteiger partial charge in [-0.25, -0.2) is 9.97 Å². The minimum absolute atomic E-state index is 0.323. The minimum Gasteiger partial charge on any atom is -0.384 e. The van der Waals surface area contributed by atoms with Crippen LogP contribution in [0, 0.1) is 0 Å². The SMILES string of the molecule is Nc1cc(N[C@H]2CCCc3ccccc32)ncn1. The van der Waals surface area contributed by atoms with Crippen molar-refractivity contribution in [3.8, 4) is 0 Å². The number of aryl methyl sites for hydroxylation is 1. The first kappa shape index (κ1) is 11.0. The molecule has 0 amide bonds. The molecular weight excluding hydrogens is 224 g/mol. The van der Waals surface area contributed by atoms with Gasteiger partial charge in [-0.1, -0.05) is 24.3 Å². The molecule has 3 N–H and O–H groups in total. The first-order valence-electron chi connectivity index (χ1n) is 6.25. The van der Waals surface area contributed by atoms with Gasteiger partial charge in [0.2, 0.25) is 0 Å². The van der Waals surface area contributed by atoms with Crippen LogP contribution in [0.5, 0.6) is 0 Å². The van der Waals surface area contributed by atoms with Gasteiger partial charge in [0.25, 0.3) is 0 Å². The molecule has 0 aliphatic heterocycles. The topological polar surface area (TPSA) is 63.8 Å². The van der Waals surface area contributed by atoms with E-state index in [-0.39, 0.29) is 0 Å². The average Bonchev–Trinajstić information content (AvgIpc) is 2.39. The van der Waals surface area contributed by atoms with Crippen molar-refractivity contribution in [2.45, 2.75) is 25.3 Å². The second kappa shape index (κ2) is 4.64. The highest BCUT2D eigenvalue weighted by molar-refractivity contribution is 5.46. The number of nitrogens with two attached hydrogens (primary N) is 1. The van der Waals surface area contributed by atoms with Gasteiger partial charge in [-0.2, -0.15) is 0 Å². The molecule has 1 aliphatic rings. The van der Waals surface area contributed by atoms with Gasteiger partial charge in [0.1, 0.15) is 18.0 Å². The van der Waals surface area contributed by atoms with Crippen LogP contribution in [-0.2, 0) is 6.42 Å². The number of hydrogen-bond acceptors (Lipinski definition) is 4. The summed E-state index contributed by atoms with van der Waals surface area (Å²) in [7, 11) is 0. The molecule has 0 bridgehead atoms. The van der Waals surface area contributed by atoms with Gasteiger partial charge in [0.05, 0.1) is 6.04 Å². The normalized spacial score (nSPS) is 18.1. The largest absolute Gasteiger partial charge is 0.384 e. The summed E-state index contributed by atoms with van der Waals surface area (Å²) in [6, 6.07) is 10.7. The Labute approximate surface area is 106 Å². The molecule has 18 heavy (non-hydrogen) atoms. The quantitative estimate of drug-likeness (QED) is 0.846. The van der Waals surface area contributed by atoms with Gasteiger partial charge < -0.3 is 11.1 Å². The van der Waals surface area contributed by atoms with Crippen LogP contribution < -0.4 is 11.1 Å². The average molecular weight is 240 g/mol. The Morgan fingerprint density at radius 1 is 1.22 bits per heavy atom. The monoisotopic (exact) mass is 240 g/mol. The van der Waals surface area contributed by atoms with E-state index >= 15 is 0 Å². The van der Waals surface area contributed by atoms with Crippen molar-refractivity contribution in [1.29, 1.82) is 0 Å². The van der Waals surface area contributed by atoms with Crippen LogP contribution in [0.2, 0.25) is 0 Å². The standard InChI is InChI=1S/C14H16N4/c15-13-8-14(17-9-16-13)18-12-7-3-5-10-4-1-2-6-11(10)12/h1-2,4,6,8-9,12H,3,5,7H2,(H3,15,16,17,18)/t12-/m0/s1. The van der Waals surface area contributed by atoms with E-state index in [1.807, 2.05) is 0 Å². The van der Waals surface area contributed by atoms with E-state index in [1.165, 1.54) is 30.3 Å². The molecular formula is C14H16N4. The predicted octanol–water partition coefficient (Wildman–Crippen LogP) is 2.55. The highest BCUT2D eigenvalue weighted by Crippen LogP contribution is 2.31. The van der Waals surface area contributed by atoms with E-state index in [0.29, 0.717) is 11.9 Å². The molecule has 1 aliphatic carbocycles. The molecule has 0 unspecified atom stereocenters. The summed E-state index contributed by atoms with van der Waals surface area (Å²) in [5, 5.41) is 3.45. The maximum absolute atomic E-state index is 5.67. The smallest absolute Gasteiger partial charge is 0.131 e. The minimum atomic E-state index is 0.323. The third kappa shape index (κ3) is 2.14. The number of hydrogen-bond donors (Lipinski definition) is 2. The lowest BCUT2D eigenvalue weighted by atomic mass is 9.88. The zero-order chi connectivity index (χ0) is 12.4. The van der Waals surface area contributed by atoms with E-state index in [1.54, 1.807) is 6.07 Å². The molecule has 2 aromatic rings. The van der Waals surface area contributed by atoms with Crippen molar-refractivity contribution < 1.29 is 0 Å². The van der Waals surface area contributed by atoms with E-state index in [2.05, 4.69) is 39.6 Å². The van der Waals surface area contributed by atoms with E-state index in [4.69, 9.17) is 5.73 Å². The van der Waals surface area contributed by atoms with E-state index < -0.39 is 0 Å². The van der Waals surface area contributed by atoms with Gasteiger partial charge in [-0.3, -0.25) is 0 Å². The highest BCUT2D eigenvalue weighted by Gasteiger charge is 2.19. The fraction of sp³-hybridized carbons (Fsp3) is 0.286. The van der Waals surface area contributed by atoms with Crippen LogP contribution in [0.15, 0.2) is 36.7 Å². The van der Waals surface area contributed by atoms with Crippen LogP contribution in [0.25, 0.3) is 0 Å². The molecule has 1 heterocycles. The molecule has 1 aromatic carbocycles. The molecule has 0 fully saturated rings. The Bertz CT molecular complexity index is 553. The van der Waals surface area contributed by atoms with Crippen molar-refractivity contribution in [3.05, 3.63) is 47.8 Å². The van der Waals surface area contributed by atoms with Gasteiger partial charge in [0.15, 0.2) is 0 Å². The lowest BCUT2D eigenvalue weighted by Crippen LogP contribution is -2.18. The summed E-state index contributed by atoms with van der Waals surface area (Å²) >= 11 is 0.